The second-order valence-corrected chi connectivity index (χ2v) is 8.49. The molecule has 0 bridgehead atoms. The zero-order chi connectivity index (χ0) is 21.2. The van der Waals surface area contributed by atoms with Crippen molar-refractivity contribution in [3.05, 3.63) is 58.1 Å². The number of thiocarbonyl (C=S) groups is 1. The van der Waals surface area contributed by atoms with Crippen molar-refractivity contribution in [2.24, 2.45) is 0 Å². The lowest BCUT2D eigenvalue weighted by Gasteiger charge is -2.38. The van der Waals surface area contributed by atoms with Crippen LogP contribution < -0.4 is 15.4 Å². The molecule has 1 heterocycles. The number of fused-ring (bicyclic) bond motifs is 1. The number of carbonyl (C=O) groups excluding carboxylic acids is 1. The molecule has 0 fully saturated rings. The molecule has 1 atom stereocenters. The Morgan fingerprint density at radius 3 is 2.79 bits per heavy atom. The van der Waals surface area contributed by atoms with E-state index in [4.69, 9.17) is 33.3 Å². The van der Waals surface area contributed by atoms with Crippen LogP contribution >= 0.6 is 23.8 Å². The topological polar surface area (TPSA) is 59.6 Å². The maximum absolute atomic E-state index is 12.1. The van der Waals surface area contributed by atoms with Crippen LogP contribution in [0.4, 0.5) is 5.69 Å². The van der Waals surface area contributed by atoms with E-state index in [1.54, 1.807) is 25.1 Å². The van der Waals surface area contributed by atoms with Gasteiger partial charge < -0.3 is 20.1 Å². The van der Waals surface area contributed by atoms with Crippen molar-refractivity contribution in [3.8, 4) is 5.75 Å². The lowest BCUT2D eigenvalue weighted by atomic mass is 9.89. The molecule has 0 aromatic heterocycles. The molecule has 0 spiro atoms. The Labute approximate surface area is 181 Å². The SMILES string of the molecule is CCOC(=O)c1cc(NC(=S)N[C@H]2CC(C)(C)Oc3cc(C)ccc32)ccc1Cl. The average Bonchev–Trinajstić information content (AvgIpc) is 2.62. The van der Waals surface area contributed by atoms with Crippen LogP contribution in [0.1, 0.15) is 54.7 Å². The van der Waals surface area contributed by atoms with Crippen molar-refractivity contribution in [2.45, 2.75) is 45.8 Å². The first kappa shape index (κ1) is 21.4. The molecule has 0 radical (unpaired) electrons. The minimum Gasteiger partial charge on any atom is -0.487 e. The summed E-state index contributed by atoms with van der Waals surface area (Å²) in [4.78, 5) is 12.1. The third kappa shape index (κ3) is 5.19. The Kier molecular flexibility index (Phi) is 6.34. The number of hydrogen-bond donors (Lipinski definition) is 2. The third-order valence-corrected chi connectivity index (χ3v) is 5.20. The molecule has 0 unspecified atom stereocenters. The number of hydrogen-bond acceptors (Lipinski definition) is 4. The first-order valence-corrected chi connectivity index (χ1v) is 10.3. The first-order valence-electron chi connectivity index (χ1n) is 9.52. The molecule has 154 valence electrons. The molecular formula is C22H25ClN2O3S. The number of rotatable bonds is 4. The van der Waals surface area contributed by atoms with E-state index in [9.17, 15) is 4.79 Å². The highest BCUT2D eigenvalue weighted by Gasteiger charge is 2.34. The number of ether oxygens (including phenoxy) is 2. The van der Waals surface area contributed by atoms with Crippen molar-refractivity contribution >= 4 is 40.6 Å². The van der Waals surface area contributed by atoms with E-state index < -0.39 is 5.97 Å². The second kappa shape index (κ2) is 8.59. The summed E-state index contributed by atoms with van der Waals surface area (Å²) < 4.78 is 11.2. The van der Waals surface area contributed by atoms with E-state index in [1.807, 2.05) is 13.0 Å². The molecule has 3 rings (SSSR count). The van der Waals surface area contributed by atoms with E-state index in [0.717, 1.165) is 23.3 Å². The minimum atomic E-state index is -0.462. The highest BCUT2D eigenvalue weighted by molar-refractivity contribution is 7.80. The summed E-state index contributed by atoms with van der Waals surface area (Å²) in [6.45, 7) is 8.21. The molecule has 29 heavy (non-hydrogen) atoms. The first-order chi connectivity index (χ1) is 13.7. The van der Waals surface area contributed by atoms with Crippen LogP contribution in [-0.2, 0) is 4.74 Å². The number of aryl methyl sites for hydroxylation is 1. The van der Waals surface area contributed by atoms with Crippen LogP contribution in [0.25, 0.3) is 0 Å². The fourth-order valence-corrected chi connectivity index (χ4v) is 3.84. The van der Waals surface area contributed by atoms with Crippen molar-refractivity contribution in [3.63, 3.8) is 0 Å². The fraction of sp³-hybridized carbons (Fsp3) is 0.364. The summed E-state index contributed by atoms with van der Waals surface area (Å²) in [5, 5.41) is 7.31. The smallest absolute Gasteiger partial charge is 0.339 e. The summed E-state index contributed by atoms with van der Waals surface area (Å²) in [7, 11) is 0. The molecule has 0 amide bonds. The summed E-state index contributed by atoms with van der Waals surface area (Å²) in [5.41, 5.74) is 2.86. The highest BCUT2D eigenvalue weighted by atomic mass is 35.5. The number of benzene rings is 2. The molecule has 0 saturated heterocycles. The minimum absolute atomic E-state index is 0.00572. The van der Waals surface area contributed by atoms with E-state index in [0.29, 0.717) is 21.4 Å². The molecule has 0 saturated carbocycles. The normalized spacial score (nSPS) is 16.9. The zero-order valence-corrected chi connectivity index (χ0v) is 18.5. The lowest BCUT2D eigenvalue weighted by Crippen LogP contribution is -2.42. The predicted octanol–water partition coefficient (Wildman–Crippen LogP) is 5.41. The van der Waals surface area contributed by atoms with Gasteiger partial charge in [-0.1, -0.05) is 23.7 Å². The van der Waals surface area contributed by atoms with E-state index in [-0.39, 0.29) is 18.2 Å². The van der Waals surface area contributed by atoms with Gasteiger partial charge in [0.1, 0.15) is 11.4 Å². The molecule has 5 nitrogen and oxygen atoms in total. The Bertz CT molecular complexity index is 946. The predicted molar refractivity (Wildman–Crippen MR) is 120 cm³/mol. The monoisotopic (exact) mass is 432 g/mol. The van der Waals surface area contributed by atoms with E-state index in [2.05, 4.69) is 36.6 Å². The van der Waals surface area contributed by atoms with Gasteiger partial charge in [0, 0.05) is 17.7 Å². The lowest BCUT2D eigenvalue weighted by molar-refractivity contribution is 0.0526. The van der Waals surface area contributed by atoms with Gasteiger partial charge in [-0.3, -0.25) is 0 Å². The molecule has 2 aromatic carbocycles. The molecule has 2 N–H and O–H groups in total. The third-order valence-electron chi connectivity index (χ3n) is 4.65. The van der Waals surface area contributed by atoms with Gasteiger partial charge in [0.05, 0.1) is 23.2 Å². The van der Waals surface area contributed by atoms with Crippen LogP contribution in [0.3, 0.4) is 0 Å². The van der Waals surface area contributed by atoms with Gasteiger partial charge in [0.25, 0.3) is 0 Å². The standard InChI is InChI=1S/C22H25ClN2O3S/c1-5-27-20(26)16-11-14(7-9-17(16)23)24-21(29)25-18-12-22(3,4)28-19-10-13(2)6-8-15(18)19/h6-11,18H,5,12H2,1-4H3,(H2,24,25,29)/t18-/m0/s1. The van der Waals surface area contributed by atoms with Crippen LogP contribution in [0, 0.1) is 6.92 Å². The number of carbonyl (C=O) groups is 1. The number of halogens is 1. The van der Waals surface area contributed by atoms with Gasteiger partial charge in [0.15, 0.2) is 5.11 Å². The van der Waals surface area contributed by atoms with Crippen molar-refractivity contribution < 1.29 is 14.3 Å². The van der Waals surface area contributed by atoms with Crippen LogP contribution in [-0.4, -0.2) is 23.3 Å². The second-order valence-electron chi connectivity index (χ2n) is 7.67. The van der Waals surface area contributed by atoms with E-state index >= 15 is 0 Å². The zero-order valence-electron chi connectivity index (χ0n) is 17.0. The summed E-state index contributed by atoms with van der Waals surface area (Å²) in [6.07, 6.45) is 0.763. The van der Waals surface area contributed by atoms with Crippen LogP contribution in [0.15, 0.2) is 36.4 Å². The van der Waals surface area contributed by atoms with Gasteiger partial charge in [-0.25, -0.2) is 4.79 Å². The van der Waals surface area contributed by atoms with Crippen LogP contribution in [0.2, 0.25) is 5.02 Å². The summed E-state index contributed by atoms with van der Waals surface area (Å²) >= 11 is 11.7. The van der Waals surface area contributed by atoms with Gasteiger partial charge >= 0.3 is 5.97 Å². The molecule has 7 heteroatoms. The van der Waals surface area contributed by atoms with E-state index in [1.165, 1.54) is 0 Å². The Balaban J connectivity index is 1.76. The van der Waals surface area contributed by atoms with Gasteiger partial charge in [-0.15, -0.1) is 0 Å². The van der Waals surface area contributed by atoms with Gasteiger partial charge in [-0.2, -0.15) is 0 Å². The Morgan fingerprint density at radius 1 is 1.31 bits per heavy atom. The van der Waals surface area contributed by atoms with Crippen molar-refractivity contribution in [1.29, 1.82) is 0 Å². The molecule has 0 aliphatic carbocycles. The fourth-order valence-electron chi connectivity index (χ4n) is 3.38. The number of nitrogens with one attached hydrogen (secondary N) is 2. The van der Waals surface area contributed by atoms with Gasteiger partial charge in [0.2, 0.25) is 0 Å². The Morgan fingerprint density at radius 2 is 2.07 bits per heavy atom. The largest absolute Gasteiger partial charge is 0.487 e. The number of anilines is 1. The molecular weight excluding hydrogens is 408 g/mol. The van der Waals surface area contributed by atoms with Crippen molar-refractivity contribution in [1.82, 2.24) is 5.32 Å². The summed E-state index contributed by atoms with van der Waals surface area (Å²) in [6, 6.07) is 11.2. The highest BCUT2D eigenvalue weighted by Crippen LogP contribution is 2.40. The number of esters is 1. The average molecular weight is 433 g/mol. The maximum atomic E-state index is 12.1. The molecule has 2 aromatic rings. The Hall–Kier alpha value is -2.31. The van der Waals surface area contributed by atoms with Crippen molar-refractivity contribution in [2.75, 3.05) is 11.9 Å². The maximum Gasteiger partial charge on any atom is 0.339 e. The summed E-state index contributed by atoms with van der Waals surface area (Å²) in [5.74, 6) is 0.410. The van der Waals surface area contributed by atoms with Crippen LogP contribution in [0.5, 0.6) is 5.75 Å². The molecule has 1 aliphatic rings. The molecule has 1 aliphatic heterocycles. The quantitative estimate of drug-likeness (QED) is 0.497. The van der Waals surface area contributed by atoms with Gasteiger partial charge in [-0.05, 0) is 69.7 Å².